The molecule has 4 N–H and O–H groups in total. The minimum atomic E-state index is -4.54. The number of amides is 1. The maximum absolute atomic E-state index is 13.1. The fourth-order valence-corrected chi connectivity index (χ4v) is 3.11. The number of anilines is 2. The molecule has 174 valence electrons. The third-order valence-electron chi connectivity index (χ3n) is 4.79. The molecular formula is C21H21F3N6O3. The summed E-state index contributed by atoms with van der Waals surface area (Å²) in [6.07, 6.45) is -3.16. The number of nitrogens with one attached hydrogen (secondary N) is 2. The number of benzene rings is 1. The van der Waals surface area contributed by atoms with Gasteiger partial charge in [-0.05, 0) is 31.7 Å². The number of rotatable bonds is 8. The zero-order valence-corrected chi connectivity index (χ0v) is 17.8. The lowest BCUT2D eigenvalue weighted by Crippen LogP contribution is -2.16. The predicted octanol–water partition coefficient (Wildman–Crippen LogP) is 3.16. The lowest BCUT2D eigenvalue weighted by Gasteiger charge is -2.12. The maximum Gasteiger partial charge on any atom is 0.416 e. The Hall–Kier alpha value is -3.80. The highest BCUT2D eigenvalue weighted by atomic mass is 19.4. The lowest BCUT2D eigenvalue weighted by atomic mass is 10.1. The Kier molecular flexibility index (Phi) is 7.07. The lowest BCUT2D eigenvalue weighted by molar-refractivity contribution is -0.138. The molecule has 0 aliphatic rings. The summed E-state index contributed by atoms with van der Waals surface area (Å²) in [6, 6.07) is 4.79. The molecule has 0 bridgehead atoms. The molecule has 1 amide bonds. The van der Waals surface area contributed by atoms with Gasteiger partial charge in [-0.3, -0.25) is 9.59 Å². The summed E-state index contributed by atoms with van der Waals surface area (Å²) < 4.78 is 44.2. The first-order valence-corrected chi connectivity index (χ1v) is 9.82. The minimum Gasteiger partial charge on any atom is -0.383 e. The quantitative estimate of drug-likeness (QED) is 0.435. The summed E-state index contributed by atoms with van der Waals surface area (Å²) >= 11 is 0. The monoisotopic (exact) mass is 462 g/mol. The molecule has 2 aromatic heterocycles. The average Bonchev–Trinajstić information content (AvgIpc) is 3.23. The molecule has 0 aliphatic carbocycles. The number of nitrogens with zero attached hydrogens (tertiary/aromatic N) is 3. The standard InChI is InChI=1S/C21H21F3N6O3/c1-11-3-4-12(7-15(11)21(22,23)24)29-20(32)17-8-13(30-33-17)5-6-16(31)18-14(9-26-2)19(25)28-10-27-18/h3-4,7-8,10,26H,5-6,9H2,1-2H3,(H,29,32)(H2,25,27,28). The number of carbonyl (C=O) groups is 2. The highest BCUT2D eigenvalue weighted by molar-refractivity contribution is 6.02. The molecule has 3 rings (SSSR count). The molecule has 0 spiro atoms. The largest absolute Gasteiger partial charge is 0.416 e. The van der Waals surface area contributed by atoms with Crippen LogP contribution in [0.2, 0.25) is 0 Å². The van der Waals surface area contributed by atoms with Crippen LogP contribution >= 0.6 is 0 Å². The van der Waals surface area contributed by atoms with Crippen LogP contribution in [0, 0.1) is 6.92 Å². The van der Waals surface area contributed by atoms with E-state index in [2.05, 4.69) is 25.8 Å². The SMILES string of the molecule is CNCc1c(N)ncnc1C(=O)CCc1cc(C(=O)Nc2ccc(C)c(C(F)(F)F)c2)on1. The van der Waals surface area contributed by atoms with E-state index in [0.717, 1.165) is 6.07 Å². The van der Waals surface area contributed by atoms with Crippen LogP contribution in [0.25, 0.3) is 0 Å². The number of alkyl halides is 3. The highest BCUT2D eigenvalue weighted by Crippen LogP contribution is 2.33. The normalized spacial score (nSPS) is 11.4. The van der Waals surface area contributed by atoms with Crippen molar-refractivity contribution in [2.75, 3.05) is 18.1 Å². The van der Waals surface area contributed by atoms with Gasteiger partial charge < -0.3 is 20.9 Å². The number of carbonyl (C=O) groups excluding carboxylic acids is 2. The topological polar surface area (TPSA) is 136 Å². The first kappa shape index (κ1) is 23.9. The van der Waals surface area contributed by atoms with Gasteiger partial charge in [0.05, 0.1) is 11.3 Å². The van der Waals surface area contributed by atoms with Crippen molar-refractivity contribution in [1.29, 1.82) is 0 Å². The van der Waals surface area contributed by atoms with Crippen molar-refractivity contribution in [2.45, 2.75) is 32.5 Å². The van der Waals surface area contributed by atoms with Gasteiger partial charge in [-0.1, -0.05) is 11.2 Å². The number of hydrogen-bond acceptors (Lipinski definition) is 8. The number of halogens is 3. The Morgan fingerprint density at radius 2 is 1.94 bits per heavy atom. The smallest absolute Gasteiger partial charge is 0.383 e. The van der Waals surface area contributed by atoms with E-state index in [1.54, 1.807) is 7.05 Å². The first-order valence-electron chi connectivity index (χ1n) is 9.82. The zero-order valence-electron chi connectivity index (χ0n) is 17.8. The molecule has 0 radical (unpaired) electrons. The molecule has 0 unspecified atom stereocenters. The van der Waals surface area contributed by atoms with Crippen LogP contribution in [0.5, 0.6) is 0 Å². The van der Waals surface area contributed by atoms with Crippen molar-refractivity contribution in [2.24, 2.45) is 0 Å². The van der Waals surface area contributed by atoms with E-state index >= 15 is 0 Å². The second-order valence-corrected chi connectivity index (χ2v) is 7.20. The van der Waals surface area contributed by atoms with Crippen LogP contribution in [-0.4, -0.2) is 33.9 Å². The zero-order chi connectivity index (χ0) is 24.2. The molecule has 9 nitrogen and oxygen atoms in total. The van der Waals surface area contributed by atoms with Crippen LogP contribution in [0.3, 0.4) is 0 Å². The van der Waals surface area contributed by atoms with E-state index < -0.39 is 17.6 Å². The van der Waals surface area contributed by atoms with Crippen molar-refractivity contribution in [3.63, 3.8) is 0 Å². The third kappa shape index (κ3) is 5.71. The Balaban J connectivity index is 1.65. The highest BCUT2D eigenvalue weighted by Gasteiger charge is 2.32. The van der Waals surface area contributed by atoms with E-state index in [4.69, 9.17) is 10.3 Å². The number of aromatic nitrogens is 3. The van der Waals surface area contributed by atoms with Gasteiger partial charge in [-0.25, -0.2) is 9.97 Å². The van der Waals surface area contributed by atoms with Crippen molar-refractivity contribution < 1.29 is 27.3 Å². The summed E-state index contributed by atoms with van der Waals surface area (Å²) in [5, 5.41) is 9.00. The van der Waals surface area contributed by atoms with Gasteiger partial charge in [0.25, 0.3) is 5.91 Å². The minimum absolute atomic E-state index is 0.0215. The molecule has 0 saturated carbocycles. The Labute approximate surface area is 186 Å². The van der Waals surface area contributed by atoms with Crippen LogP contribution < -0.4 is 16.4 Å². The molecule has 33 heavy (non-hydrogen) atoms. The molecule has 0 atom stereocenters. The molecule has 12 heteroatoms. The van der Waals surface area contributed by atoms with E-state index in [1.807, 2.05) is 0 Å². The molecule has 3 aromatic rings. The molecule has 2 heterocycles. The molecule has 1 aromatic carbocycles. The average molecular weight is 462 g/mol. The van der Waals surface area contributed by atoms with Gasteiger partial charge in [0.2, 0.25) is 5.76 Å². The van der Waals surface area contributed by atoms with Gasteiger partial charge in [-0.2, -0.15) is 13.2 Å². The van der Waals surface area contributed by atoms with E-state index in [0.29, 0.717) is 17.8 Å². The van der Waals surface area contributed by atoms with Crippen LogP contribution in [-0.2, 0) is 19.1 Å². The van der Waals surface area contributed by atoms with Crippen molar-refractivity contribution in [3.8, 4) is 0 Å². The van der Waals surface area contributed by atoms with Gasteiger partial charge in [0.1, 0.15) is 17.8 Å². The van der Waals surface area contributed by atoms with Crippen molar-refractivity contribution in [1.82, 2.24) is 20.4 Å². The number of nitrogens with two attached hydrogens (primary N) is 1. The predicted molar refractivity (Wildman–Crippen MR) is 112 cm³/mol. The van der Waals surface area contributed by atoms with Gasteiger partial charge >= 0.3 is 6.18 Å². The summed E-state index contributed by atoms with van der Waals surface area (Å²) in [5.74, 6) is -1.05. The van der Waals surface area contributed by atoms with Crippen LogP contribution in [0.1, 0.15) is 49.8 Å². The van der Waals surface area contributed by atoms with Gasteiger partial charge in [-0.15, -0.1) is 0 Å². The van der Waals surface area contributed by atoms with Gasteiger partial charge in [0.15, 0.2) is 5.78 Å². The Morgan fingerprint density at radius 1 is 1.18 bits per heavy atom. The second-order valence-electron chi connectivity index (χ2n) is 7.20. The molecule has 0 fully saturated rings. The van der Waals surface area contributed by atoms with Gasteiger partial charge in [0, 0.05) is 36.7 Å². The number of aryl methyl sites for hydroxylation is 2. The summed E-state index contributed by atoms with van der Waals surface area (Å²) in [4.78, 5) is 32.8. The van der Waals surface area contributed by atoms with E-state index in [-0.39, 0.29) is 47.1 Å². The number of nitrogen functional groups attached to an aromatic ring is 1. The molecular weight excluding hydrogens is 441 g/mol. The molecule has 0 aliphatic heterocycles. The Morgan fingerprint density at radius 3 is 2.64 bits per heavy atom. The summed E-state index contributed by atoms with van der Waals surface area (Å²) in [5.41, 5.74) is 5.97. The third-order valence-corrected chi connectivity index (χ3v) is 4.79. The van der Waals surface area contributed by atoms with Crippen LogP contribution in [0.15, 0.2) is 35.1 Å². The number of hydrogen-bond donors (Lipinski definition) is 3. The fourth-order valence-electron chi connectivity index (χ4n) is 3.11. The van der Waals surface area contributed by atoms with Crippen LogP contribution in [0.4, 0.5) is 24.7 Å². The number of Topliss-reactive ketones (excluding diaryl/α,β-unsaturated/α-hetero) is 1. The molecule has 0 saturated heterocycles. The first-order chi connectivity index (χ1) is 15.6. The second kappa shape index (κ2) is 9.77. The van der Waals surface area contributed by atoms with E-state index in [1.165, 1.54) is 31.5 Å². The summed E-state index contributed by atoms with van der Waals surface area (Å²) in [6.45, 7) is 1.65. The maximum atomic E-state index is 13.1. The fraction of sp³-hybridized carbons (Fsp3) is 0.286. The van der Waals surface area contributed by atoms with Crippen molar-refractivity contribution >= 4 is 23.2 Å². The Bertz CT molecular complexity index is 1180. The summed E-state index contributed by atoms with van der Waals surface area (Å²) in [7, 11) is 1.70. The van der Waals surface area contributed by atoms with E-state index in [9.17, 15) is 22.8 Å². The van der Waals surface area contributed by atoms with Crippen molar-refractivity contribution in [3.05, 3.63) is 64.4 Å². The number of ketones is 1.